The van der Waals surface area contributed by atoms with Crippen molar-refractivity contribution in [2.45, 2.75) is 108 Å². The van der Waals surface area contributed by atoms with E-state index in [4.69, 9.17) is 45.0 Å². The van der Waals surface area contributed by atoms with Gasteiger partial charge in [0.25, 0.3) is 0 Å². The number of benzene rings is 3. The van der Waals surface area contributed by atoms with Crippen molar-refractivity contribution in [1.29, 1.82) is 0 Å². The summed E-state index contributed by atoms with van der Waals surface area (Å²) in [4.78, 5) is 18.4. The first-order valence-electron chi connectivity index (χ1n) is 21.1. The molecular formula is C48H57ClN2O7. The van der Waals surface area contributed by atoms with Crippen LogP contribution in [0.3, 0.4) is 0 Å². The normalized spacial score (nSPS) is 25.0. The molecule has 0 bridgehead atoms. The summed E-state index contributed by atoms with van der Waals surface area (Å²) in [6, 6.07) is 22.0. The maximum atomic E-state index is 13.7. The lowest BCUT2D eigenvalue weighted by Gasteiger charge is -2.48. The first-order chi connectivity index (χ1) is 28.2. The van der Waals surface area contributed by atoms with Crippen molar-refractivity contribution in [3.05, 3.63) is 106 Å². The van der Waals surface area contributed by atoms with Crippen LogP contribution >= 0.6 is 11.6 Å². The number of aryl methyl sites for hydroxylation is 1. The van der Waals surface area contributed by atoms with Gasteiger partial charge in [-0.2, -0.15) is 0 Å². The molecule has 0 amide bonds. The maximum Gasteiger partial charge on any atom is 0.331 e. The fraction of sp³-hybridized carbons (Fsp3) is 0.500. The molecule has 1 aliphatic heterocycles. The smallest absolute Gasteiger partial charge is 0.331 e. The third-order valence-electron chi connectivity index (χ3n) is 13.3. The zero-order chi connectivity index (χ0) is 40.3. The second-order valence-corrected chi connectivity index (χ2v) is 17.5. The van der Waals surface area contributed by atoms with Gasteiger partial charge in [0, 0.05) is 34.6 Å². The second-order valence-electron chi connectivity index (χ2n) is 17.1. The Kier molecular flexibility index (Phi) is 12.1. The fourth-order valence-electron chi connectivity index (χ4n) is 10.2. The first-order valence-corrected chi connectivity index (χ1v) is 21.5. The lowest BCUT2D eigenvalue weighted by Crippen LogP contribution is -2.53. The number of ether oxygens (including phenoxy) is 6. The molecule has 1 spiro atoms. The van der Waals surface area contributed by atoms with E-state index >= 15 is 0 Å². The Bertz CT molecular complexity index is 2060. The molecule has 308 valence electrons. The molecule has 58 heavy (non-hydrogen) atoms. The summed E-state index contributed by atoms with van der Waals surface area (Å²) in [5.41, 5.74) is 6.00. The minimum Gasteiger partial charge on any atom is -0.497 e. The van der Waals surface area contributed by atoms with E-state index in [1.165, 1.54) is 42.3 Å². The summed E-state index contributed by atoms with van der Waals surface area (Å²) in [6.07, 6.45) is 10.7. The summed E-state index contributed by atoms with van der Waals surface area (Å²) in [5.74, 6) is 4.28. The number of halogens is 1. The van der Waals surface area contributed by atoms with Crippen LogP contribution in [-0.4, -0.2) is 56.6 Å². The van der Waals surface area contributed by atoms with Gasteiger partial charge in [-0.25, -0.2) is 4.79 Å². The lowest BCUT2D eigenvalue weighted by molar-refractivity contribution is -0.148. The number of hydrogen-bond acceptors (Lipinski definition) is 9. The molecule has 4 atom stereocenters. The van der Waals surface area contributed by atoms with Crippen molar-refractivity contribution in [2.24, 2.45) is 11.8 Å². The number of rotatable bonds is 14. The van der Waals surface area contributed by atoms with E-state index < -0.39 is 5.54 Å². The molecule has 1 fully saturated rings. The van der Waals surface area contributed by atoms with Crippen LogP contribution in [0.1, 0.15) is 99.1 Å². The molecule has 1 aromatic heterocycles. The molecule has 1 saturated carbocycles. The highest BCUT2D eigenvalue weighted by molar-refractivity contribution is 6.30. The average molecular weight is 809 g/mol. The number of methoxy groups -OCH3 is 2. The van der Waals surface area contributed by atoms with Gasteiger partial charge in [0.05, 0.1) is 34.0 Å². The molecule has 3 aromatic carbocycles. The van der Waals surface area contributed by atoms with E-state index in [1.807, 2.05) is 60.8 Å². The number of aromatic nitrogens is 1. The number of pyridine rings is 1. The molecule has 8 rings (SSSR count). The molecule has 2 heterocycles. The van der Waals surface area contributed by atoms with Gasteiger partial charge in [-0.1, -0.05) is 43.6 Å². The van der Waals surface area contributed by atoms with Gasteiger partial charge in [0.15, 0.2) is 11.5 Å². The van der Waals surface area contributed by atoms with Crippen molar-refractivity contribution in [2.75, 3.05) is 39.4 Å². The Labute approximate surface area is 348 Å². The van der Waals surface area contributed by atoms with Crippen molar-refractivity contribution < 1.29 is 33.2 Å². The van der Waals surface area contributed by atoms with E-state index in [0.717, 1.165) is 66.4 Å². The predicted molar refractivity (Wildman–Crippen MR) is 226 cm³/mol. The SMILES string of the molecule is COC(=O)C1(Nc2cccc(Cl)c2)CCC2(CC1)c1cc3c(cc1C[C@@H]2C[C@@H](C)COc1ccnc2c1[C@H](C)CCC2)OC[C@H](CCOCc1ccc(OC)cc1)O3. The van der Waals surface area contributed by atoms with Gasteiger partial charge < -0.3 is 33.7 Å². The average Bonchev–Trinajstić information content (AvgIpc) is 3.51. The summed E-state index contributed by atoms with van der Waals surface area (Å²) in [5, 5.41) is 4.21. The molecule has 0 radical (unpaired) electrons. The van der Waals surface area contributed by atoms with Crippen molar-refractivity contribution in [1.82, 2.24) is 4.98 Å². The quantitative estimate of drug-likeness (QED) is 0.0987. The summed E-state index contributed by atoms with van der Waals surface area (Å²) < 4.78 is 36.5. The number of carbonyl (C=O) groups excluding carboxylic acids is 1. The van der Waals surface area contributed by atoms with Crippen LogP contribution in [0, 0.1) is 11.8 Å². The van der Waals surface area contributed by atoms with E-state index in [-0.39, 0.29) is 17.5 Å². The number of anilines is 1. The Hall–Kier alpha value is -4.47. The minimum atomic E-state index is -0.866. The molecule has 0 saturated heterocycles. The third-order valence-corrected chi connectivity index (χ3v) is 13.5. The summed E-state index contributed by atoms with van der Waals surface area (Å²) >= 11 is 6.39. The molecule has 4 aliphatic rings. The molecule has 9 nitrogen and oxygen atoms in total. The lowest BCUT2D eigenvalue weighted by atomic mass is 9.59. The molecular weight excluding hydrogens is 752 g/mol. The molecule has 3 aliphatic carbocycles. The minimum absolute atomic E-state index is 0.117. The van der Waals surface area contributed by atoms with Gasteiger partial charge in [0.2, 0.25) is 0 Å². The standard InChI is InChI=1S/C48H57ClN2O7/c1-31(28-56-42-15-21-50-41-10-5-7-32(2)45(41)42)23-35-24-34-25-43-44(58-39(30-57-43)16-22-55-29-33-11-13-38(53-3)14-12-33)27-40(34)47(35)17-19-48(20-18-47,46(52)54-4)51-37-9-6-8-36(49)26-37/h6,8-9,11-15,21,25-27,31-32,35,39,51H,5,7,10,16-20,22-24,28-30H2,1-4H3/t31-,32-,35+,39+,47?,48?/m1/s1. The number of hydrogen-bond donors (Lipinski definition) is 1. The predicted octanol–water partition coefficient (Wildman–Crippen LogP) is 10.0. The third kappa shape index (κ3) is 8.35. The van der Waals surface area contributed by atoms with Gasteiger partial charge in [-0.15, -0.1) is 0 Å². The maximum absolute atomic E-state index is 13.7. The highest BCUT2D eigenvalue weighted by atomic mass is 35.5. The number of nitrogens with one attached hydrogen (secondary N) is 1. The van der Waals surface area contributed by atoms with Gasteiger partial charge in [-0.05, 0) is 146 Å². The van der Waals surface area contributed by atoms with E-state index in [9.17, 15) is 4.79 Å². The van der Waals surface area contributed by atoms with Gasteiger partial charge in [-0.3, -0.25) is 4.98 Å². The Morgan fingerprint density at radius 3 is 2.64 bits per heavy atom. The van der Waals surface area contributed by atoms with Gasteiger partial charge in [0.1, 0.15) is 29.7 Å². The monoisotopic (exact) mass is 808 g/mol. The number of fused-ring (bicyclic) bond motifs is 4. The number of esters is 1. The van der Waals surface area contributed by atoms with E-state index in [2.05, 4.69) is 31.3 Å². The van der Waals surface area contributed by atoms with Crippen molar-refractivity contribution in [3.63, 3.8) is 0 Å². The van der Waals surface area contributed by atoms with E-state index in [1.54, 1.807) is 7.11 Å². The van der Waals surface area contributed by atoms with Crippen molar-refractivity contribution in [3.8, 4) is 23.0 Å². The van der Waals surface area contributed by atoms with Crippen molar-refractivity contribution >= 4 is 23.3 Å². The van der Waals surface area contributed by atoms with E-state index in [0.29, 0.717) is 68.5 Å². The molecule has 1 N–H and O–H groups in total. The summed E-state index contributed by atoms with van der Waals surface area (Å²) in [7, 11) is 3.15. The molecule has 4 aromatic rings. The summed E-state index contributed by atoms with van der Waals surface area (Å²) in [6.45, 7) is 6.81. The highest BCUT2D eigenvalue weighted by Crippen LogP contribution is 2.58. The zero-order valence-electron chi connectivity index (χ0n) is 34.3. The van der Waals surface area contributed by atoms with Crippen LogP contribution in [0.2, 0.25) is 5.02 Å². The molecule has 10 heteroatoms. The first kappa shape index (κ1) is 40.3. The zero-order valence-corrected chi connectivity index (χ0v) is 35.1. The van der Waals surface area contributed by atoms with Crippen LogP contribution < -0.4 is 24.3 Å². The largest absolute Gasteiger partial charge is 0.497 e. The number of nitrogens with zero attached hydrogens (tertiary/aromatic N) is 1. The Balaban J connectivity index is 1.01. The van der Waals surface area contributed by atoms with Crippen LogP contribution in [0.4, 0.5) is 5.69 Å². The van der Waals surface area contributed by atoms with Crippen LogP contribution in [0.25, 0.3) is 0 Å². The Morgan fingerprint density at radius 1 is 1.03 bits per heavy atom. The number of carbonyl (C=O) groups is 1. The topological polar surface area (TPSA) is 97.4 Å². The molecule has 0 unspecified atom stereocenters. The highest BCUT2D eigenvalue weighted by Gasteiger charge is 2.55. The van der Waals surface area contributed by atoms with Gasteiger partial charge >= 0.3 is 5.97 Å². The second kappa shape index (κ2) is 17.4. The van der Waals surface area contributed by atoms with Crippen LogP contribution in [0.5, 0.6) is 23.0 Å². The fourth-order valence-corrected chi connectivity index (χ4v) is 10.4. The van der Waals surface area contributed by atoms with Crippen LogP contribution in [-0.2, 0) is 39.1 Å². The Morgan fingerprint density at radius 2 is 1.86 bits per heavy atom. The van der Waals surface area contributed by atoms with Crippen LogP contribution in [0.15, 0.2) is 72.9 Å².